The zero-order chi connectivity index (χ0) is 20.7. The largest absolute Gasteiger partial charge is 0.466 e. The number of esters is 1. The van der Waals surface area contributed by atoms with Crippen LogP contribution in [-0.4, -0.2) is 26.9 Å². The maximum atomic E-state index is 12.8. The first-order chi connectivity index (χ1) is 13.2. The van der Waals surface area contributed by atoms with Crippen molar-refractivity contribution in [2.24, 2.45) is 0 Å². The van der Waals surface area contributed by atoms with Gasteiger partial charge in [-0.2, -0.15) is 0 Å². The van der Waals surface area contributed by atoms with Crippen LogP contribution in [-0.2, 0) is 24.3 Å². The third-order valence-electron chi connectivity index (χ3n) is 3.74. The molecule has 9 heteroatoms. The summed E-state index contributed by atoms with van der Waals surface area (Å²) in [5.41, 5.74) is 0.941. The first-order valence-corrected chi connectivity index (χ1v) is 10.4. The number of sulfonamides is 1. The summed E-state index contributed by atoms with van der Waals surface area (Å²) in [5, 5.41) is 2.90. The lowest BCUT2D eigenvalue weighted by Crippen LogP contribution is -2.31. The zero-order valence-electron chi connectivity index (χ0n) is 15.4. The predicted octanol–water partition coefficient (Wildman–Crippen LogP) is 3.27. The molecule has 7 nitrogen and oxygen atoms in total. The molecule has 0 saturated carbocycles. The molecule has 1 amide bonds. The van der Waals surface area contributed by atoms with Crippen molar-refractivity contribution in [3.63, 3.8) is 0 Å². The van der Waals surface area contributed by atoms with Gasteiger partial charge in [-0.3, -0.25) is 9.59 Å². The van der Waals surface area contributed by atoms with Crippen LogP contribution >= 0.6 is 11.6 Å². The van der Waals surface area contributed by atoms with E-state index in [-0.39, 0.29) is 23.8 Å². The first-order valence-electron chi connectivity index (χ1n) is 8.53. The Balaban J connectivity index is 2.29. The molecule has 0 aromatic heterocycles. The van der Waals surface area contributed by atoms with Crippen LogP contribution in [0.4, 0.5) is 5.69 Å². The van der Waals surface area contributed by atoms with Crippen molar-refractivity contribution in [3.05, 3.63) is 59.1 Å². The molecule has 1 atom stereocenters. The number of benzene rings is 2. The van der Waals surface area contributed by atoms with Crippen LogP contribution in [0.5, 0.6) is 0 Å². The van der Waals surface area contributed by atoms with Crippen LogP contribution in [0.1, 0.15) is 31.9 Å². The van der Waals surface area contributed by atoms with E-state index in [1.807, 2.05) is 0 Å². The van der Waals surface area contributed by atoms with E-state index in [4.69, 9.17) is 16.3 Å². The second-order valence-corrected chi connectivity index (χ2v) is 8.03. The third kappa shape index (κ3) is 6.05. The average molecular weight is 425 g/mol. The predicted molar refractivity (Wildman–Crippen MR) is 107 cm³/mol. The van der Waals surface area contributed by atoms with Crippen LogP contribution in [0.25, 0.3) is 0 Å². The molecule has 0 saturated heterocycles. The van der Waals surface area contributed by atoms with E-state index in [1.54, 1.807) is 31.2 Å². The van der Waals surface area contributed by atoms with E-state index in [0.29, 0.717) is 16.3 Å². The molecule has 2 rings (SSSR count). The highest BCUT2D eigenvalue weighted by Crippen LogP contribution is 2.27. The number of carbonyl (C=O) groups is 2. The lowest BCUT2D eigenvalue weighted by atomic mass is 10.1. The van der Waals surface area contributed by atoms with Gasteiger partial charge in [-0.15, -0.1) is 0 Å². The van der Waals surface area contributed by atoms with Crippen molar-refractivity contribution in [1.82, 2.24) is 4.72 Å². The van der Waals surface area contributed by atoms with Crippen molar-refractivity contribution in [2.75, 3.05) is 11.9 Å². The molecule has 0 aliphatic heterocycles. The molecular formula is C19H21ClN2O5S. The number of hydrogen-bond donors (Lipinski definition) is 2. The molecule has 0 heterocycles. The van der Waals surface area contributed by atoms with Crippen LogP contribution < -0.4 is 10.0 Å². The molecule has 0 bridgehead atoms. The topological polar surface area (TPSA) is 102 Å². The number of anilines is 1. The van der Waals surface area contributed by atoms with Gasteiger partial charge in [-0.1, -0.05) is 29.8 Å². The smallest absolute Gasteiger partial charge is 0.307 e. The number of hydrogen-bond acceptors (Lipinski definition) is 5. The molecule has 0 fully saturated rings. The van der Waals surface area contributed by atoms with Gasteiger partial charge >= 0.3 is 5.97 Å². The Morgan fingerprint density at radius 1 is 1.11 bits per heavy atom. The standard InChI is InChI=1S/C19H21ClN2O5S/c1-3-27-19(24)12-18(16-6-4-5-7-17(16)20)22-28(25,26)15-10-8-14(9-11-15)21-13(2)23/h4-11,18,22H,3,12H2,1-2H3,(H,21,23)/t18-/m0/s1. The van der Waals surface area contributed by atoms with Gasteiger partial charge in [-0.25, -0.2) is 13.1 Å². The quantitative estimate of drug-likeness (QED) is 0.633. The minimum absolute atomic E-state index is 0.0116. The van der Waals surface area contributed by atoms with Crippen molar-refractivity contribution in [2.45, 2.75) is 31.2 Å². The van der Waals surface area contributed by atoms with Gasteiger partial charge in [0.25, 0.3) is 0 Å². The summed E-state index contributed by atoms with van der Waals surface area (Å²) in [4.78, 5) is 23.0. The van der Waals surface area contributed by atoms with Crippen molar-refractivity contribution >= 4 is 39.2 Å². The van der Waals surface area contributed by atoms with Crippen LogP contribution in [0.3, 0.4) is 0 Å². The van der Waals surface area contributed by atoms with E-state index >= 15 is 0 Å². The summed E-state index contributed by atoms with van der Waals surface area (Å²) >= 11 is 6.20. The van der Waals surface area contributed by atoms with Gasteiger partial charge in [-0.05, 0) is 42.8 Å². The Labute approximate surface area is 169 Å². The number of halogens is 1. The minimum atomic E-state index is -3.96. The maximum Gasteiger partial charge on any atom is 0.307 e. The molecule has 150 valence electrons. The lowest BCUT2D eigenvalue weighted by molar-refractivity contribution is -0.143. The molecule has 0 aliphatic rings. The number of carbonyl (C=O) groups excluding carboxylic acids is 2. The van der Waals surface area contributed by atoms with Crippen LogP contribution in [0.15, 0.2) is 53.4 Å². The number of rotatable bonds is 8. The fraction of sp³-hybridized carbons (Fsp3) is 0.263. The summed E-state index contributed by atoms with van der Waals surface area (Å²) in [6.07, 6.45) is -0.208. The molecule has 28 heavy (non-hydrogen) atoms. The van der Waals surface area contributed by atoms with E-state index in [2.05, 4.69) is 10.0 Å². The maximum absolute atomic E-state index is 12.8. The monoisotopic (exact) mass is 424 g/mol. The Kier molecular flexibility index (Phi) is 7.56. The molecule has 0 radical (unpaired) electrons. The highest BCUT2D eigenvalue weighted by molar-refractivity contribution is 7.89. The molecule has 0 aliphatic carbocycles. The first kappa shape index (κ1) is 21.9. The van der Waals surface area contributed by atoms with Gasteiger partial charge in [0.05, 0.1) is 24.0 Å². The van der Waals surface area contributed by atoms with Gasteiger partial charge < -0.3 is 10.1 Å². The molecule has 0 unspecified atom stereocenters. The summed E-state index contributed by atoms with van der Waals surface area (Å²) in [5.74, 6) is -0.807. The second-order valence-electron chi connectivity index (χ2n) is 5.91. The lowest BCUT2D eigenvalue weighted by Gasteiger charge is -2.20. The average Bonchev–Trinajstić information content (AvgIpc) is 2.61. The van der Waals surface area contributed by atoms with Crippen molar-refractivity contribution in [3.8, 4) is 0 Å². The summed E-state index contributed by atoms with van der Waals surface area (Å²) < 4.78 is 33.1. The normalized spacial score (nSPS) is 12.2. The fourth-order valence-corrected chi connectivity index (χ4v) is 4.02. The van der Waals surface area contributed by atoms with E-state index in [0.717, 1.165) is 0 Å². The summed E-state index contributed by atoms with van der Waals surface area (Å²) in [7, 11) is -3.96. The number of nitrogens with one attached hydrogen (secondary N) is 2. The minimum Gasteiger partial charge on any atom is -0.466 e. The molecule has 0 spiro atoms. The SMILES string of the molecule is CCOC(=O)C[C@H](NS(=O)(=O)c1ccc(NC(C)=O)cc1)c1ccccc1Cl. The molecule has 2 aromatic carbocycles. The third-order valence-corrected chi connectivity index (χ3v) is 5.57. The Morgan fingerprint density at radius 2 is 1.75 bits per heavy atom. The molecule has 2 aromatic rings. The van der Waals surface area contributed by atoms with Gasteiger partial charge in [0, 0.05) is 17.6 Å². The van der Waals surface area contributed by atoms with Gasteiger partial charge in [0.1, 0.15) is 0 Å². The summed E-state index contributed by atoms with van der Waals surface area (Å²) in [6, 6.07) is 11.5. The molecular weight excluding hydrogens is 404 g/mol. The van der Waals surface area contributed by atoms with E-state index in [1.165, 1.54) is 31.2 Å². The van der Waals surface area contributed by atoms with E-state index in [9.17, 15) is 18.0 Å². The zero-order valence-corrected chi connectivity index (χ0v) is 17.0. The van der Waals surface area contributed by atoms with Gasteiger partial charge in [0.15, 0.2) is 0 Å². The van der Waals surface area contributed by atoms with Crippen LogP contribution in [0, 0.1) is 0 Å². The Morgan fingerprint density at radius 3 is 2.32 bits per heavy atom. The molecule has 2 N–H and O–H groups in total. The highest BCUT2D eigenvalue weighted by Gasteiger charge is 2.25. The summed E-state index contributed by atoms with van der Waals surface area (Å²) in [6.45, 7) is 3.21. The van der Waals surface area contributed by atoms with Gasteiger partial charge in [0.2, 0.25) is 15.9 Å². The van der Waals surface area contributed by atoms with Crippen molar-refractivity contribution in [1.29, 1.82) is 0 Å². The highest BCUT2D eigenvalue weighted by atomic mass is 35.5. The Bertz CT molecular complexity index is 945. The van der Waals surface area contributed by atoms with Crippen molar-refractivity contribution < 1.29 is 22.7 Å². The second kappa shape index (κ2) is 9.68. The number of ether oxygens (including phenoxy) is 1. The fourth-order valence-electron chi connectivity index (χ4n) is 2.54. The van der Waals surface area contributed by atoms with Crippen LogP contribution in [0.2, 0.25) is 5.02 Å². The Hall–Kier alpha value is -2.42. The van der Waals surface area contributed by atoms with E-state index < -0.39 is 22.0 Å². The number of amides is 1.